The number of piperidine rings is 1. The number of H-pyrrole nitrogens is 1. The zero-order valence-electron chi connectivity index (χ0n) is 21.7. The summed E-state index contributed by atoms with van der Waals surface area (Å²) in [6, 6.07) is 12.4. The number of ether oxygens (including phenoxy) is 1. The Labute approximate surface area is 227 Å². The van der Waals surface area contributed by atoms with Gasteiger partial charge in [0.15, 0.2) is 9.84 Å². The molecule has 40 heavy (non-hydrogen) atoms. The van der Waals surface area contributed by atoms with Crippen LogP contribution in [-0.4, -0.2) is 54.3 Å². The number of aromatic nitrogens is 2. The van der Waals surface area contributed by atoms with Gasteiger partial charge in [0.25, 0.3) is 11.5 Å². The Morgan fingerprint density at radius 1 is 1.05 bits per heavy atom. The van der Waals surface area contributed by atoms with E-state index in [2.05, 4.69) is 4.98 Å². The molecule has 1 aliphatic heterocycles. The highest BCUT2D eigenvalue weighted by Crippen LogP contribution is 2.39. The van der Waals surface area contributed by atoms with E-state index in [9.17, 15) is 31.2 Å². The van der Waals surface area contributed by atoms with Gasteiger partial charge in [-0.05, 0) is 55.3 Å². The zero-order chi connectivity index (χ0) is 28.8. The van der Waals surface area contributed by atoms with Crippen LogP contribution >= 0.6 is 0 Å². The van der Waals surface area contributed by atoms with Crippen LogP contribution in [0.5, 0.6) is 11.5 Å². The topological polar surface area (TPSA) is 101 Å². The number of aryl methyl sites for hydroxylation is 1. The van der Waals surface area contributed by atoms with Crippen LogP contribution in [0, 0.1) is 5.92 Å². The maximum Gasteiger partial charge on any atom is 0.391 e. The summed E-state index contributed by atoms with van der Waals surface area (Å²) in [5, 5.41) is 0.574. The highest BCUT2D eigenvalue weighted by Gasteiger charge is 2.41. The lowest BCUT2D eigenvalue weighted by molar-refractivity contribution is -0.183. The second-order valence-corrected chi connectivity index (χ2v) is 11.9. The molecule has 210 valence electrons. The van der Waals surface area contributed by atoms with Crippen molar-refractivity contribution in [2.45, 2.75) is 23.9 Å². The molecule has 0 aliphatic carbocycles. The summed E-state index contributed by atoms with van der Waals surface area (Å²) in [6.07, 6.45) is -0.264. The van der Waals surface area contributed by atoms with Crippen molar-refractivity contribution in [3.05, 3.63) is 76.8 Å². The van der Waals surface area contributed by atoms with Crippen LogP contribution in [0.15, 0.2) is 70.6 Å². The van der Waals surface area contributed by atoms with Crippen LogP contribution in [0.4, 0.5) is 13.2 Å². The Balaban J connectivity index is 1.49. The number of alkyl halides is 3. The molecule has 1 aliphatic rings. The first-order valence-corrected chi connectivity index (χ1v) is 14.4. The summed E-state index contributed by atoms with van der Waals surface area (Å²) >= 11 is 0. The quantitative estimate of drug-likeness (QED) is 0.356. The number of fused-ring (bicyclic) bond motifs is 1. The van der Waals surface area contributed by atoms with Crippen LogP contribution in [0.25, 0.3) is 22.0 Å². The first kappa shape index (κ1) is 27.5. The molecule has 1 fully saturated rings. The third kappa shape index (κ3) is 5.35. The minimum atomic E-state index is -4.27. The highest BCUT2D eigenvalue weighted by atomic mass is 32.2. The number of amides is 1. The smallest absolute Gasteiger partial charge is 0.391 e. The first-order chi connectivity index (χ1) is 18.8. The average molecular weight is 574 g/mol. The maximum absolute atomic E-state index is 13.1. The van der Waals surface area contributed by atoms with E-state index in [0.29, 0.717) is 22.0 Å². The molecule has 3 heterocycles. The molecule has 2 aromatic heterocycles. The summed E-state index contributed by atoms with van der Waals surface area (Å²) in [5.41, 5.74) is 1.31. The molecule has 12 heteroatoms. The third-order valence-electron chi connectivity index (χ3n) is 7.12. The van der Waals surface area contributed by atoms with Gasteiger partial charge >= 0.3 is 6.18 Å². The minimum Gasteiger partial charge on any atom is -0.457 e. The fraction of sp³-hybridized carbons (Fsp3) is 0.286. The number of aromatic amines is 1. The van der Waals surface area contributed by atoms with E-state index in [1.807, 2.05) is 0 Å². The lowest BCUT2D eigenvalue weighted by Gasteiger charge is -2.33. The number of likely N-dealkylation sites (tertiary alicyclic amines) is 1. The van der Waals surface area contributed by atoms with Crippen molar-refractivity contribution in [3.63, 3.8) is 0 Å². The number of benzene rings is 2. The average Bonchev–Trinajstić information content (AvgIpc) is 3.40. The number of hydrogen-bond acceptors (Lipinski definition) is 5. The molecular formula is C28H26F3N3O5S. The predicted octanol–water partition coefficient (Wildman–Crippen LogP) is 5.14. The SMILES string of the molecule is Cn1cc(-c2cc(S(C)(=O)=O)ccc2Oc2cccc(C(=O)N3CCC(C(F)(F)F)CC3)c2)c2cc[nH]c2c1=O. The van der Waals surface area contributed by atoms with E-state index in [4.69, 9.17) is 4.74 Å². The molecule has 1 N–H and O–H groups in total. The van der Waals surface area contributed by atoms with E-state index in [1.165, 1.54) is 33.7 Å². The van der Waals surface area contributed by atoms with Crippen molar-refractivity contribution in [3.8, 4) is 22.6 Å². The largest absolute Gasteiger partial charge is 0.457 e. The van der Waals surface area contributed by atoms with Gasteiger partial charge in [0.05, 0.1) is 10.8 Å². The Bertz CT molecular complexity index is 1770. The molecule has 2 aromatic carbocycles. The molecule has 1 saturated heterocycles. The summed E-state index contributed by atoms with van der Waals surface area (Å²) < 4.78 is 71.4. The predicted molar refractivity (Wildman–Crippen MR) is 143 cm³/mol. The van der Waals surface area contributed by atoms with Gasteiger partial charge in [0.1, 0.15) is 17.0 Å². The number of hydrogen-bond donors (Lipinski definition) is 1. The van der Waals surface area contributed by atoms with E-state index < -0.39 is 27.8 Å². The number of carbonyl (C=O) groups is 1. The monoisotopic (exact) mass is 573 g/mol. The maximum atomic E-state index is 13.1. The highest BCUT2D eigenvalue weighted by molar-refractivity contribution is 7.90. The molecule has 0 spiro atoms. The van der Waals surface area contributed by atoms with Gasteiger partial charge in [0.2, 0.25) is 0 Å². The number of carbonyl (C=O) groups excluding carboxylic acids is 1. The molecule has 5 rings (SSSR count). The molecule has 0 unspecified atom stereocenters. The fourth-order valence-corrected chi connectivity index (χ4v) is 5.58. The molecule has 1 amide bonds. The van der Waals surface area contributed by atoms with Crippen LogP contribution in [0.3, 0.4) is 0 Å². The molecular weight excluding hydrogens is 547 g/mol. The van der Waals surface area contributed by atoms with Gasteiger partial charge in [-0.1, -0.05) is 6.07 Å². The van der Waals surface area contributed by atoms with Crippen molar-refractivity contribution >= 4 is 26.6 Å². The van der Waals surface area contributed by atoms with Crippen molar-refractivity contribution in [2.75, 3.05) is 19.3 Å². The van der Waals surface area contributed by atoms with Gasteiger partial charge in [-0.3, -0.25) is 9.59 Å². The summed E-state index contributed by atoms with van der Waals surface area (Å²) in [5.74, 6) is -1.25. The normalized spacial score (nSPS) is 15.0. The molecule has 0 bridgehead atoms. The second kappa shape index (κ2) is 10.2. The van der Waals surface area contributed by atoms with Crippen LogP contribution < -0.4 is 10.3 Å². The summed E-state index contributed by atoms with van der Waals surface area (Å²) in [6.45, 7) is 0.00910. The Morgan fingerprint density at radius 2 is 1.77 bits per heavy atom. The first-order valence-electron chi connectivity index (χ1n) is 12.5. The molecule has 8 nitrogen and oxygen atoms in total. The minimum absolute atomic E-state index is 0.00455. The van der Waals surface area contributed by atoms with Crippen LogP contribution in [0.1, 0.15) is 23.2 Å². The molecule has 4 aromatic rings. The summed E-state index contributed by atoms with van der Waals surface area (Å²) in [4.78, 5) is 30.0. The van der Waals surface area contributed by atoms with Gasteiger partial charge in [0, 0.05) is 60.9 Å². The summed E-state index contributed by atoms with van der Waals surface area (Å²) in [7, 11) is -1.99. The third-order valence-corrected chi connectivity index (χ3v) is 8.23. The van der Waals surface area contributed by atoms with Gasteiger partial charge in [-0.25, -0.2) is 8.42 Å². The second-order valence-electron chi connectivity index (χ2n) is 9.89. The Hall–Kier alpha value is -4.06. The standard InChI is InChI=1S/C28H26F3N3O5S/c1-33-16-23(21-8-11-32-25(21)27(33)36)22-15-20(40(2,37)38)6-7-24(22)39-19-5-3-4-17(14-19)26(35)34-12-9-18(10-13-34)28(29,30)31/h3-8,11,14-16,18,32H,9-10,12-13H2,1-2H3. The van der Waals surface area contributed by atoms with E-state index in [-0.39, 0.29) is 53.4 Å². The number of nitrogens with zero attached hydrogens (tertiary/aromatic N) is 2. The molecule has 0 radical (unpaired) electrons. The van der Waals surface area contributed by atoms with Crippen LogP contribution in [0.2, 0.25) is 0 Å². The van der Waals surface area contributed by atoms with Crippen molar-refractivity contribution in [2.24, 2.45) is 13.0 Å². The number of halogens is 3. The zero-order valence-corrected chi connectivity index (χ0v) is 22.5. The van der Waals surface area contributed by atoms with Crippen LogP contribution in [-0.2, 0) is 16.9 Å². The fourth-order valence-electron chi connectivity index (χ4n) is 4.93. The lowest BCUT2D eigenvalue weighted by Crippen LogP contribution is -2.42. The number of rotatable bonds is 5. The number of pyridine rings is 1. The molecule has 0 saturated carbocycles. The number of sulfone groups is 1. The van der Waals surface area contributed by atoms with Gasteiger partial charge < -0.3 is 19.2 Å². The van der Waals surface area contributed by atoms with Crippen molar-refractivity contribution in [1.82, 2.24) is 14.5 Å². The van der Waals surface area contributed by atoms with E-state index in [1.54, 1.807) is 43.7 Å². The van der Waals surface area contributed by atoms with Crippen molar-refractivity contribution < 1.29 is 31.1 Å². The number of nitrogens with one attached hydrogen (secondary N) is 1. The Kier molecular flexibility index (Phi) is 6.99. The molecule has 0 atom stereocenters. The van der Waals surface area contributed by atoms with Crippen molar-refractivity contribution in [1.29, 1.82) is 0 Å². The Morgan fingerprint density at radius 3 is 2.45 bits per heavy atom. The van der Waals surface area contributed by atoms with E-state index in [0.717, 1.165) is 6.26 Å². The van der Waals surface area contributed by atoms with Gasteiger partial charge in [-0.15, -0.1) is 0 Å². The lowest BCUT2D eigenvalue weighted by atomic mass is 9.96. The van der Waals surface area contributed by atoms with E-state index >= 15 is 0 Å². The van der Waals surface area contributed by atoms with Gasteiger partial charge in [-0.2, -0.15) is 13.2 Å².